The Morgan fingerprint density at radius 1 is 1.04 bits per heavy atom. The van der Waals surface area contributed by atoms with Crippen LogP contribution in [0.2, 0.25) is 0 Å². The van der Waals surface area contributed by atoms with E-state index >= 15 is 0 Å². The van der Waals surface area contributed by atoms with Crippen molar-refractivity contribution in [3.05, 3.63) is 35.9 Å². The first-order valence-corrected chi connectivity index (χ1v) is 9.26. The molecule has 2 rings (SSSR count). The van der Waals surface area contributed by atoms with E-state index in [0.29, 0.717) is 19.5 Å². The van der Waals surface area contributed by atoms with E-state index < -0.39 is 0 Å². The molecule has 24 heavy (non-hydrogen) atoms. The largest absolute Gasteiger partial charge is 0.342 e. The van der Waals surface area contributed by atoms with Crippen LogP contribution < -0.4 is 0 Å². The van der Waals surface area contributed by atoms with Crippen molar-refractivity contribution in [1.82, 2.24) is 9.80 Å². The number of hydrogen-bond acceptors (Lipinski definition) is 2. The lowest BCUT2D eigenvalue weighted by molar-refractivity contribution is -0.140. The highest BCUT2D eigenvalue weighted by atomic mass is 16.2. The van der Waals surface area contributed by atoms with E-state index in [-0.39, 0.29) is 17.7 Å². The molecule has 1 fully saturated rings. The van der Waals surface area contributed by atoms with Gasteiger partial charge in [0.25, 0.3) is 0 Å². The fourth-order valence-corrected chi connectivity index (χ4v) is 3.39. The third kappa shape index (κ3) is 5.08. The third-order valence-corrected chi connectivity index (χ3v) is 4.69. The van der Waals surface area contributed by atoms with Crippen molar-refractivity contribution < 1.29 is 9.59 Å². The molecule has 2 amide bonds. The zero-order chi connectivity index (χ0) is 17.4. The summed E-state index contributed by atoms with van der Waals surface area (Å²) in [5, 5.41) is 0. The molecule has 0 bridgehead atoms. The minimum Gasteiger partial charge on any atom is -0.342 e. The fourth-order valence-electron chi connectivity index (χ4n) is 3.39. The van der Waals surface area contributed by atoms with Crippen LogP contribution in [0, 0.1) is 5.92 Å². The zero-order valence-corrected chi connectivity index (χ0v) is 15.0. The van der Waals surface area contributed by atoms with Gasteiger partial charge in [-0.15, -0.1) is 0 Å². The van der Waals surface area contributed by atoms with E-state index in [1.807, 2.05) is 40.1 Å². The highest BCUT2D eigenvalue weighted by molar-refractivity contribution is 5.81. The van der Waals surface area contributed by atoms with E-state index in [1.54, 1.807) is 0 Å². The van der Waals surface area contributed by atoms with Crippen molar-refractivity contribution in [2.24, 2.45) is 5.92 Å². The molecule has 0 saturated carbocycles. The van der Waals surface area contributed by atoms with Crippen LogP contribution in [0.15, 0.2) is 30.3 Å². The summed E-state index contributed by atoms with van der Waals surface area (Å²) >= 11 is 0. The van der Waals surface area contributed by atoms with Gasteiger partial charge in [0.05, 0.1) is 6.42 Å². The number of nitrogens with zero attached hydrogens (tertiary/aromatic N) is 2. The van der Waals surface area contributed by atoms with Gasteiger partial charge in [-0.1, -0.05) is 44.2 Å². The summed E-state index contributed by atoms with van der Waals surface area (Å²) in [6.45, 7) is 7.32. The van der Waals surface area contributed by atoms with Gasteiger partial charge in [0.15, 0.2) is 0 Å². The minimum atomic E-state index is 0.0869. The Morgan fingerprint density at radius 2 is 1.62 bits per heavy atom. The topological polar surface area (TPSA) is 40.6 Å². The smallest absolute Gasteiger partial charge is 0.226 e. The summed E-state index contributed by atoms with van der Waals surface area (Å²) in [4.78, 5) is 29.0. The summed E-state index contributed by atoms with van der Waals surface area (Å²) in [5.41, 5.74) is 1.05. The Bertz CT molecular complexity index is 516. The van der Waals surface area contributed by atoms with Crippen molar-refractivity contribution in [3.8, 4) is 0 Å². The molecule has 1 aliphatic heterocycles. The van der Waals surface area contributed by atoms with Gasteiger partial charge >= 0.3 is 0 Å². The Labute approximate surface area is 145 Å². The average Bonchev–Trinajstić information content (AvgIpc) is 2.62. The van der Waals surface area contributed by atoms with Crippen LogP contribution >= 0.6 is 0 Å². The van der Waals surface area contributed by atoms with Crippen LogP contribution in [0.25, 0.3) is 0 Å². The maximum atomic E-state index is 12.7. The quantitative estimate of drug-likeness (QED) is 0.771. The maximum Gasteiger partial charge on any atom is 0.226 e. The molecule has 0 atom stereocenters. The third-order valence-electron chi connectivity index (χ3n) is 4.69. The first-order chi connectivity index (χ1) is 11.7. The molecule has 0 aliphatic carbocycles. The lowest BCUT2D eigenvalue weighted by atomic mass is 9.94. The van der Waals surface area contributed by atoms with E-state index in [0.717, 1.165) is 44.3 Å². The monoisotopic (exact) mass is 330 g/mol. The number of rotatable bonds is 7. The second-order valence-electron chi connectivity index (χ2n) is 6.64. The molecule has 0 unspecified atom stereocenters. The second kappa shape index (κ2) is 9.45. The maximum absolute atomic E-state index is 12.7. The number of benzene rings is 1. The van der Waals surface area contributed by atoms with Crippen molar-refractivity contribution >= 4 is 11.8 Å². The van der Waals surface area contributed by atoms with E-state index in [2.05, 4.69) is 13.8 Å². The predicted molar refractivity (Wildman–Crippen MR) is 96.6 cm³/mol. The Balaban J connectivity index is 1.84. The van der Waals surface area contributed by atoms with Crippen molar-refractivity contribution in [2.75, 3.05) is 26.2 Å². The number of carbonyl (C=O) groups is 2. The van der Waals surface area contributed by atoms with Crippen LogP contribution in [0.5, 0.6) is 0 Å². The van der Waals surface area contributed by atoms with Crippen LogP contribution in [0.4, 0.5) is 0 Å². The zero-order valence-electron chi connectivity index (χ0n) is 15.0. The Kier molecular flexibility index (Phi) is 7.29. The molecule has 4 heteroatoms. The van der Waals surface area contributed by atoms with E-state index in [4.69, 9.17) is 0 Å². The molecule has 132 valence electrons. The molecule has 0 N–H and O–H groups in total. The molecular weight excluding hydrogens is 300 g/mol. The van der Waals surface area contributed by atoms with Gasteiger partial charge in [0.2, 0.25) is 11.8 Å². The Hall–Kier alpha value is -1.84. The highest BCUT2D eigenvalue weighted by Gasteiger charge is 2.29. The number of carbonyl (C=O) groups excluding carboxylic acids is 2. The molecule has 4 nitrogen and oxygen atoms in total. The lowest BCUT2D eigenvalue weighted by Crippen LogP contribution is -2.45. The van der Waals surface area contributed by atoms with Gasteiger partial charge in [-0.05, 0) is 31.2 Å². The molecule has 1 heterocycles. The summed E-state index contributed by atoms with van der Waals surface area (Å²) in [6, 6.07) is 9.86. The highest BCUT2D eigenvalue weighted by Crippen LogP contribution is 2.21. The van der Waals surface area contributed by atoms with Crippen molar-refractivity contribution in [1.29, 1.82) is 0 Å². The molecule has 1 aliphatic rings. The molecule has 1 aromatic rings. The second-order valence-corrected chi connectivity index (χ2v) is 6.64. The van der Waals surface area contributed by atoms with Gasteiger partial charge in [-0.3, -0.25) is 9.59 Å². The van der Waals surface area contributed by atoms with Gasteiger partial charge in [-0.2, -0.15) is 0 Å². The molecule has 0 aromatic heterocycles. The fraction of sp³-hybridized carbons (Fsp3) is 0.600. The van der Waals surface area contributed by atoms with Crippen molar-refractivity contribution in [3.63, 3.8) is 0 Å². The number of likely N-dealkylation sites (tertiary alicyclic amines) is 1. The molecular formula is C20H30N2O2. The molecule has 1 aromatic carbocycles. The summed E-state index contributed by atoms with van der Waals surface area (Å²) in [7, 11) is 0. The van der Waals surface area contributed by atoms with Crippen LogP contribution in [0.1, 0.15) is 45.1 Å². The molecule has 1 saturated heterocycles. The lowest BCUT2D eigenvalue weighted by Gasteiger charge is -2.34. The normalized spacial score (nSPS) is 15.3. The number of hydrogen-bond donors (Lipinski definition) is 0. The summed E-state index contributed by atoms with van der Waals surface area (Å²) in [6.07, 6.45) is 4.05. The van der Waals surface area contributed by atoms with Gasteiger partial charge in [0.1, 0.15) is 0 Å². The van der Waals surface area contributed by atoms with E-state index in [9.17, 15) is 9.59 Å². The van der Waals surface area contributed by atoms with Gasteiger partial charge in [-0.25, -0.2) is 0 Å². The Morgan fingerprint density at radius 3 is 2.17 bits per heavy atom. The first-order valence-electron chi connectivity index (χ1n) is 9.26. The van der Waals surface area contributed by atoms with Gasteiger partial charge in [0, 0.05) is 32.1 Å². The van der Waals surface area contributed by atoms with Crippen molar-refractivity contribution in [2.45, 2.75) is 46.0 Å². The number of piperidine rings is 1. The summed E-state index contributed by atoms with van der Waals surface area (Å²) in [5.74, 6) is 0.545. The van der Waals surface area contributed by atoms with Gasteiger partial charge < -0.3 is 9.80 Å². The van der Waals surface area contributed by atoms with Crippen LogP contribution in [-0.4, -0.2) is 47.8 Å². The average molecular weight is 330 g/mol. The first kappa shape index (κ1) is 18.5. The van der Waals surface area contributed by atoms with Crippen LogP contribution in [0.3, 0.4) is 0 Å². The summed E-state index contributed by atoms with van der Waals surface area (Å²) < 4.78 is 0. The van der Waals surface area contributed by atoms with Crippen LogP contribution in [-0.2, 0) is 16.0 Å². The molecule has 0 radical (unpaired) electrons. The SMILES string of the molecule is CCCN(CCC)C(=O)C1CCN(C(=O)Cc2ccccc2)CC1. The predicted octanol–water partition coefficient (Wildman–Crippen LogP) is 3.12. The number of amides is 2. The molecule has 0 spiro atoms. The standard InChI is InChI=1S/C20H30N2O2/c1-3-12-22(13-4-2)20(24)18-10-14-21(15-11-18)19(23)16-17-8-6-5-7-9-17/h5-9,18H,3-4,10-16H2,1-2H3. The van der Waals surface area contributed by atoms with E-state index in [1.165, 1.54) is 0 Å². The minimum absolute atomic E-state index is 0.0869.